The Morgan fingerprint density at radius 1 is 1.00 bits per heavy atom. The summed E-state index contributed by atoms with van der Waals surface area (Å²) in [6.07, 6.45) is 1.26. The van der Waals surface area contributed by atoms with E-state index in [0.717, 1.165) is 23.8 Å². The van der Waals surface area contributed by atoms with E-state index in [9.17, 15) is 31.7 Å². The van der Waals surface area contributed by atoms with E-state index in [-0.39, 0.29) is 23.0 Å². The number of ether oxygens (including phenoxy) is 1. The van der Waals surface area contributed by atoms with Crippen LogP contribution in [0.2, 0.25) is 0 Å². The zero-order valence-corrected chi connectivity index (χ0v) is 24.8. The van der Waals surface area contributed by atoms with Crippen LogP contribution in [0.5, 0.6) is 11.5 Å². The number of aryl methyl sites for hydroxylation is 1. The van der Waals surface area contributed by atoms with Crippen LogP contribution in [-0.2, 0) is 24.9 Å². The Morgan fingerprint density at radius 2 is 1.69 bits per heavy atom. The third-order valence-electron chi connectivity index (χ3n) is 5.74. The quantitative estimate of drug-likeness (QED) is 0.125. The van der Waals surface area contributed by atoms with Crippen molar-refractivity contribution in [1.82, 2.24) is 10.1 Å². The summed E-state index contributed by atoms with van der Waals surface area (Å²) < 4.78 is 64.2. The number of hydrogen-bond acceptors (Lipinski definition) is 10. The van der Waals surface area contributed by atoms with Gasteiger partial charge in [-0.2, -0.15) is 18.2 Å². The molecule has 1 amide bonds. The molecule has 2 N–H and O–H groups in total. The van der Waals surface area contributed by atoms with Crippen molar-refractivity contribution in [3.8, 4) is 11.5 Å². The maximum atomic E-state index is 12.8. The lowest BCUT2D eigenvalue weighted by Crippen LogP contribution is -2.48. The van der Waals surface area contributed by atoms with Gasteiger partial charge in [0.05, 0.1) is 22.6 Å². The molecule has 13 nitrogen and oxygen atoms in total. The van der Waals surface area contributed by atoms with Crippen molar-refractivity contribution in [1.29, 1.82) is 0 Å². The number of nitro groups is 1. The number of nitrogens with zero attached hydrogens (tertiary/aromatic N) is 2. The van der Waals surface area contributed by atoms with Crippen LogP contribution in [0.4, 0.5) is 5.69 Å². The van der Waals surface area contributed by atoms with Gasteiger partial charge >= 0.3 is 10.1 Å². The van der Waals surface area contributed by atoms with Crippen molar-refractivity contribution in [2.45, 2.75) is 43.5 Å². The van der Waals surface area contributed by atoms with Gasteiger partial charge in [0.2, 0.25) is 10.0 Å². The summed E-state index contributed by atoms with van der Waals surface area (Å²) in [6, 6.07) is 13.7. The van der Waals surface area contributed by atoms with Gasteiger partial charge in [0.15, 0.2) is 11.5 Å². The standard InChI is InChI=1S/C27H30N4O9S2/c1-5-39-25-15-20(11-14-24(25)40-42(37,38)23-8-6-7-21(16-23)31(33)34)17-28-29-27(32)26(18(2)3)30-41(35,36)22-12-9-19(4)10-13-22/h6-18,26,30H,5H2,1-4H3,(H,29,32)/b28-17-/t26-/m1/s1. The maximum absolute atomic E-state index is 12.8. The van der Waals surface area contributed by atoms with E-state index in [1.54, 1.807) is 32.9 Å². The molecule has 0 aliphatic heterocycles. The zero-order valence-electron chi connectivity index (χ0n) is 23.2. The lowest BCUT2D eigenvalue weighted by atomic mass is 10.1. The normalized spacial score (nSPS) is 12.7. The number of carbonyl (C=O) groups is 1. The van der Waals surface area contributed by atoms with Crippen molar-refractivity contribution in [3.63, 3.8) is 0 Å². The van der Waals surface area contributed by atoms with Crippen LogP contribution in [0.1, 0.15) is 31.9 Å². The smallest absolute Gasteiger partial charge is 0.339 e. The Bertz CT molecular complexity index is 1690. The van der Waals surface area contributed by atoms with Crippen LogP contribution < -0.4 is 19.1 Å². The fourth-order valence-electron chi connectivity index (χ4n) is 3.55. The number of hydrogen-bond donors (Lipinski definition) is 2. The Balaban J connectivity index is 1.75. The minimum absolute atomic E-state index is 0.0216. The summed E-state index contributed by atoms with van der Waals surface area (Å²) in [5, 5.41) is 14.9. The minimum atomic E-state index is -4.44. The van der Waals surface area contributed by atoms with Crippen molar-refractivity contribution < 1.29 is 35.5 Å². The summed E-state index contributed by atoms with van der Waals surface area (Å²) in [5.74, 6) is -1.23. The van der Waals surface area contributed by atoms with E-state index in [4.69, 9.17) is 8.92 Å². The molecule has 42 heavy (non-hydrogen) atoms. The number of nitrogens with one attached hydrogen (secondary N) is 2. The first kappa shape index (κ1) is 32.2. The van der Waals surface area contributed by atoms with Gasteiger partial charge in [-0.25, -0.2) is 13.8 Å². The number of non-ortho nitro benzene ring substituents is 1. The molecule has 0 radical (unpaired) electrons. The fraction of sp³-hybridized carbons (Fsp3) is 0.259. The Morgan fingerprint density at radius 3 is 2.31 bits per heavy atom. The molecule has 0 saturated carbocycles. The van der Waals surface area contributed by atoms with Crippen molar-refractivity contribution in [2.75, 3.05) is 6.61 Å². The SMILES string of the molecule is CCOc1cc(/C=N\NC(=O)[C@H](NS(=O)(=O)c2ccc(C)cc2)C(C)C)ccc1OS(=O)(=O)c1cccc([N+](=O)[O-])c1. The van der Waals surface area contributed by atoms with Gasteiger partial charge in [0.25, 0.3) is 11.6 Å². The number of benzene rings is 3. The highest BCUT2D eigenvalue weighted by Gasteiger charge is 2.28. The van der Waals surface area contributed by atoms with Crippen LogP contribution in [0, 0.1) is 23.0 Å². The lowest BCUT2D eigenvalue weighted by molar-refractivity contribution is -0.385. The Hall–Kier alpha value is -4.34. The van der Waals surface area contributed by atoms with Crippen molar-refractivity contribution in [3.05, 3.63) is 88.0 Å². The first-order valence-electron chi connectivity index (χ1n) is 12.6. The maximum Gasteiger partial charge on any atom is 0.339 e. The van der Waals surface area contributed by atoms with Crippen LogP contribution in [-0.4, -0.2) is 46.5 Å². The molecule has 0 aliphatic carbocycles. The molecule has 0 unspecified atom stereocenters. The average molecular weight is 619 g/mol. The molecule has 0 saturated heterocycles. The summed E-state index contributed by atoms with van der Waals surface area (Å²) in [7, 11) is -8.42. The number of sulfonamides is 1. The molecule has 0 aliphatic rings. The van der Waals surface area contributed by atoms with Crippen LogP contribution in [0.15, 0.2) is 81.6 Å². The number of carbonyl (C=O) groups excluding carboxylic acids is 1. The first-order chi connectivity index (χ1) is 19.7. The van der Waals surface area contributed by atoms with E-state index in [2.05, 4.69) is 15.2 Å². The first-order valence-corrected chi connectivity index (χ1v) is 15.5. The average Bonchev–Trinajstić information content (AvgIpc) is 2.93. The molecule has 3 aromatic carbocycles. The van der Waals surface area contributed by atoms with Crippen molar-refractivity contribution in [2.24, 2.45) is 11.0 Å². The van der Waals surface area contributed by atoms with E-state index < -0.39 is 53.5 Å². The molecule has 0 fully saturated rings. The number of nitro benzene ring substituents is 1. The second-order valence-corrected chi connectivity index (χ2v) is 12.6. The summed E-state index contributed by atoms with van der Waals surface area (Å²) in [6.45, 7) is 7.01. The molecule has 1 atom stereocenters. The predicted octanol–water partition coefficient (Wildman–Crippen LogP) is 3.52. The van der Waals surface area contributed by atoms with E-state index >= 15 is 0 Å². The van der Waals surface area contributed by atoms with Gasteiger partial charge in [-0.05, 0) is 61.7 Å². The largest absolute Gasteiger partial charge is 0.490 e. The van der Waals surface area contributed by atoms with E-state index in [1.807, 2.05) is 6.92 Å². The summed E-state index contributed by atoms with van der Waals surface area (Å²) >= 11 is 0. The van der Waals surface area contributed by atoms with Gasteiger partial charge in [0, 0.05) is 12.1 Å². The highest BCUT2D eigenvalue weighted by molar-refractivity contribution is 7.89. The molecule has 224 valence electrons. The molecular formula is C27H30N4O9S2. The van der Waals surface area contributed by atoms with Gasteiger partial charge in [-0.3, -0.25) is 14.9 Å². The summed E-state index contributed by atoms with van der Waals surface area (Å²) in [4.78, 5) is 22.7. The second kappa shape index (κ2) is 13.5. The van der Waals surface area contributed by atoms with Gasteiger partial charge < -0.3 is 8.92 Å². The topological polar surface area (TPSA) is 183 Å². The van der Waals surface area contributed by atoms with Crippen LogP contribution in [0.3, 0.4) is 0 Å². The van der Waals surface area contributed by atoms with E-state index in [1.165, 1.54) is 42.6 Å². The zero-order chi connectivity index (χ0) is 31.1. The molecular weight excluding hydrogens is 588 g/mol. The number of rotatable bonds is 13. The third kappa shape index (κ3) is 8.34. The molecule has 0 bridgehead atoms. The highest BCUT2D eigenvalue weighted by atomic mass is 32.2. The minimum Gasteiger partial charge on any atom is -0.490 e. The highest BCUT2D eigenvalue weighted by Crippen LogP contribution is 2.31. The number of hydrazone groups is 1. The molecule has 3 rings (SSSR count). The molecule has 15 heteroatoms. The lowest BCUT2D eigenvalue weighted by Gasteiger charge is -2.20. The van der Waals surface area contributed by atoms with Crippen LogP contribution >= 0.6 is 0 Å². The van der Waals surface area contributed by atoms with Gasteiger partial charge in [0.1, 0.15) is 10.9 Å². The summed E-state index contributed by atoms with van der Waals surface area (Å²) in [5.41, 5.74) is 3.18. The van der Waals surface area contributed by atoms with Gasteiger partial charge in [-0.1, -0.05) is 37.6 Å². The fourth-order valence-corrected chi connectivity index (χ4v) is 5.87. The molecule has 3 aromatic rings. The second-order valence-electron chi connectivity index (χ2n) is 9.32. The Labute approximate surface area is 243 Å². The molecule has 0 heterocycles. The molecule has 0 spiro atoms. The van der Waals surface area contributed by atoms with Gasteiger partial charge in [-0.15, -0.1) is 0 Å². The number of amides is 1. The van der Waals surface area contributed by atoms with Crippen molar-refractivity contribution >= 4 is 38.0 Å². The Kier molecular flexibility index (Phi) is 10.4. The van der Waals surface area contributed by atoms with Crippen LogP contribution in [0.25, 0.3) is 0 Å². The third-order valence-corrected chi connectivity index (χ3v) is 8.42. The molecule has 0 aromatic heterocycles. The monoisotopic (exact) mass is 618 g/mol. The predicted molar refractivity (Wildman–Crippen MR) is 154 cm³/mol. The van der Waals surface area contributed by atoms with E-state index in [0.29, 0.717) is 5.56 Å².